The minimum Gasteiger partial charge on any atom is -0.104 e. The van der Waals surface area contributed by atoms with Gasteiger partial charge in [-0.3, -0.25) is 0 Å². The maximum atomic E-state index is 6.31. The molecule has 0 fully saturated rings. The summed E-state index contributed by atoms with van der Waals surface area (Å²) < 4.78 is 0. The lowest BCUT2D eigenvalue weighted by Crippen LogP contribution is -2.65. The molecule has 22 heavy (non-hydrogen) atoms. The molecule has 1 aromatic carbocycles. The Kier molecular flexibility index (Phi) is 7.47. The highest BCUT2D eigenvalue weighted by molar-refractivity contribution is 7.70. The maximum absolute atomic E-state index is 6.31. The summed E-state index contributed by atoms with van der Waals surface area (Å²) in [4.78, 5) is 0. The van der Waals surface area contributed by atoms with E-state index in [0.29, 0.717) is 5.46 Å². The van der Waals surface area contributed by atoms with Crippen LogP contribution in [-0.4, -0.2) is 87.9 Å². The molecular weight excluding hydrogens is 250 g/mol. The van der Waals surface area contributed by atoms with Crippen LogP contribution in [0.5, 0.6) is 0 Å². The van der Waals surface area contributed by atoms with E-state index >= 15 is 0 Å². The molecule has 0 unspecified atom stereocenters. The van der Waals surface area contributed by atoms with Crippen molar-refractivity contribution < 1.29 is 0 Å². The minimum absolute atomic E-state index is 0.0998. The summed E-state index contributed by atoms with van der Waals surface area (Å²) in [6.07, 6.45) is -0.743. The highest BCUT2D eigenvalue weighted by atomic mass is 14.1. The molecule has 0 aliphatic carbocycles. The van der Waals surface area contributed by atoms with Crippen LogP contribution in [0.2, 0.25) is 0 Å². The summed E-state index contributed by atoms with van der Waals surface area (Å²) in [5, 5.41) is 0. The second-order valence-electron chi connectivity index (χ2n) is 5.84. The van der Waals surface area contributed by atoms with E-state index in [0.717, 1.165) is 27.5 Å². The first-order chi connectivity index (χ1) is 10.2. The summed E-state index contributed by atoms with van der Waals surface area (Å²) in [7, 11) is 44.6. The van der Waals surface area contributed by atoms with Gasteiger partial charge < -0.3 is 0 Å². The molecule has 1 rings (SSSR count). The second-order valence-corrected chi connectivity index (χ2v) is 5.84. The zero-order chi connectivity index (χ0) is 17.2. The van der Waals surface area contributed by atoms with Gasteiger partial charge in [0.1, 0.15) is 7.85 Å². The second kappa shape index (κ2) is 8.20. The van der Waals surface area contributed by atoms with E-state index in [-0.39, 0.29) is 5.92 Å². The Labute approximate surface area is 147 Å². The van der Waals surface area contributed by atoms with Gasteiger partial charge in [-0.1, -0.05) is 25.0 Å². The highest BCUT2D eigenvalue weighted by Crippen LogP contribution is 2.10. The predicted molar refractivity (Wildman–Crippen MR) is 113 cm³/mol. The topological polar surface area (TPSA) is 0 Å². The van der Waals surface area contributed by atoms with Gasteiger partial charge in [-0.15, -0.1) is 21.9 Å². The van der Waals surface area contributed by atoms with Gasteiger partial charge in [0.25, 0.3) is 0 Å². The maximum Gasteiger partial charge on any atom is 0.113 e. The van der Waals surface area contributed by atoms with Crippen molar-refractivity contribution in [2.45, 2.75) is 26.7 Å². The lowest BCUT2D eigenvalue weighted by molar-refractivity contribution is 0.881. The van der Waals surface area contributed by atoms with Crippen LogP contribution in [0.15, 0.2) is 0 Å². The van der Waals surface area contributed by atoms with Crippen molar-refractivity contribution in [3.05, 3.63) is 11.1 Å². The van der Waals surface area contributed by atoms with Crippen molar-refractivity contribution in [2.24, 2.45) is 0 Å². The van der Waals surface area contributed by atoms with E-state index in [9.17, 15) is 0 Å². The fraction of sp³-hybridized carbons (Fsp3) is 0.400. The zero-order valence-corrected chi connectivity index (χ0v) is 13.5. The normalized spacial score (nSPS) is 10.4. The highest BCUT2D eigenvalue weighted by Gasteiger charge is 2.27. The molecule has 0 nitrogen and oxygen atoms in total. The van der Waals surface area contributed by atoms with E-state index in [1.807, 2.05) is 20.8 Å². The molecule has 16 radical (unpaired) electrons. The van der Waals surface area contributed by atoms with Crippen LogP contribution in [0.4, 0.5) is 0 Å². The fourth-order valence-corrected chi connectivity index (χ4v) is 2.90. The smallest absolute Gasteiger partial charge is 0.104 e. The average molecular weight is 260 g/mol. The summed E-state index contributed by atoms with van der Waals surface area (Å²) >= 11 is 0. The van der Waals surface area contributed by atoms with Crippen molar-refractivity contribution >= 4 is 110 Å². The molecule has 0 aliphatic rings. The fourth-order valence-electron chi connectivity index (χ4n) is 2.90. The van der Waals surface area contributed by atoms with Gasteiger partial charge in [-0.05, 0) is 12.8 Å². The van der Waals surface area contributed by atoms with E-state index in [1.54, 1.807) is 0 Å². The Morgan fingerprint density at radius 1 is 1.00 bits per heavy atom. The molecule has 0 amide bonds. The van der Waals surface area contributed by atoms with Crippen molar-refractivity contribution in [1.29, 1.82) is 0 Å². The van der Waals surface area contributed by atoms with Gasteiger partial charge in [-0.2, -0.15) is 0 Å². The molecule has 0 N–H and O–H groups in total. The van der Waals surface area contributed by atoms with E-state index < -0.39 is 19.4 Å². The Balaban J connectivity index is 3.89. The zero-order valence-electron chi connectivity index (χ0n) is 13.5. The van der Waals surface area contributed by atoms with Crippen molar-refractivity contribution in [3.8, 4) is 0 Å². The van der Waals surface area contributed by atoms with Crippen LogP contribution in [0.25, 0.3) is 0 Å². The first-order valence-electron chi connectivity index (χ1n) is 7.26. The van der Waals surface area contributed by atoms with Crippen LogP contribution in [0, 0.1) is 6.92 Å². The number of rotatable bonds is 6. The van der Waals surface area contributed by atoms with Crippen LogP contribution >= 0.6 is 0 Å². The summed E-state index contributed by atoms with van der Waals surface area (Å²) in [6.45, 7) is 4.79. The summed E-state index contributed by atoms with van der Waals surface area (Å²) in [5.41, 5.74) is 4.56. The molecule has 86 valence electrons. The van der Waals surface area contributed by atoms with Gasteiger partial charge in [0, 0.05) is 59.9 Å². The van der Waals surface area contributed by atoms with Gasteiger partial charge in [-0.25, -0.2) is 0 Å². The monoisotopic (exact) mass is 262 g/mol. The molecule has 0 aliphatic heterocycles. The molecule has 0 atom stereocenters. The third-order valence-corrected chi connectivity index (χ3v) is 4.00. The van der Waals surface area contributed by atoms with Crippen LogP contribution in [0.3, 0.4) is 0 Å². The first-order valence-corrected chi connectivity index (χ1v) is 7.26. The van der Waals surface area contributed by atoms with E-state index in [2.05, 4.69) is 0 Å². The van der Waals surface area contributed by atoms with Gasteiger partial charge >= 0.3 is 0 Å². The minimum atomic E-state index is -0.743. The SMILES string of the molecule is [B][B]B([B])c1c(C)c([B][B])c([B])c(C(C)C)c1B([B])B([B])[B]. The molecule has 0 saturated heterocycles. The predicted octanol–water partition coefficient (Wildman–Crippen LogP) is -4.75. The van der Waals surface area contributed by atoms with E-state index in [4.69, 9.17) is 54.3 Å². The molecule has 0 bridgehead atoms. The van der Waals surface area contributed by atoms with Crippen molar-refractivity contribution in [1.82, 2.24) is 0 Å². The molecule has 0 saturated carbocycles. The first kappa shape index (κ1) is 20.0. The quantitative estimate of drug-likeness (QED) is 0.451. The Morgan fingerprint density at radius 3 is 1.91 bits per heavy atom. The molecule has 1 aromatic rings. The number of benzene rings is 1. The van der Waals surface area contributed by atoms with Gasteiger partial charge in [0.15, 0.2) is 0 Å². The van der Waals surface area contributed by atoms with E-state index in [1.165, 1.54) is 14.2 Å². The van der Waals surface area contributed by atoms with Gasteiger partial charge in [0.05, 0.1) is 20.2 Å². The largest absolute Gasteiger partial charge is 0.113 e. The standard InChI is InChI=1S/C10H10B12/c1-4(2)6-7(11)8(18-12)5(3)9(20(14)19-13)10(6)21(15)22(16)17/h4H,1-3H3. The molecular formula is C10H10B12. The third kappa shape index (κ3) is 3.73. The molecule has 0 spiro atoms. The lowest BCUT2D eigenvalue weighted by atomic mass is 8.85. The van der Waals surface area contributed by atoms with Gasteiger partial charge in [0.2, 0.25) is 0 Å². The summed E-state index contributed by atoms with van der Waals surface area (Å²) in [6, 6.07) is 0. The Morgan fingerprint density at radius 2 is 1.55 bits per heavy atom. The van der Waals surface area contributed by atoms with Crippen LogP contribution in [-0.2, 0) is 0 Å². The third-order valence-electron chi connectivity index (χ3n) is 4.00. The molecule has 12 heteroatoms. The van der Waals surface area contributed by atoms with Crippen molar-refractivity contribution in [3.63, 3.8) is 0 Å². The van der Waals surface area contributed by atoms with Crippen LogP contribution < -0.4 is 21.9 Å². The Bertz CT molecular complexity index is 527. The summed E-state index contributed by atoms with van der Waals surface area (Å²) in [5.74, 6) is 0.0998. The average Bonchev–Trinajstić information content (AvgIpc) is 2.44. The molecule has 0 aromatic heterocycles. The Hall–Kier alpha value is -0.000779. The number of hydrogen-bond acceptors (Lipinski definition) is 0. The van der Waals surface area contributed by atoms with Crippen LogP contribution in [0.1, 0.15) is 30.9 Å². The lowest BCUT2D eigenvalue weighted by Gasteiger charge is -2.33. The number of hydrogen-bond donors (Lipinski definition) is 0. The molecule has 0 heterocycles. The van der Waals surface area contributed by atoms with Crippen molar-refractivity contribution in [2.75, 3.05) is 0 Å².